The smallest absolute Gasteiger partial charge is 0.319 e. The van der Waals surface area contributed by atoms with Gasteiger partial charge in [0.05, 0.1) is 30.0 Å². The van der Waals surface area contributed by atoms with Crippen molar-refractivity contribution in [1.29, 1.82) is 0 Å². The molecule has 0 unspecified atom stereocenters. The van der Waals surface area contributed by atoms with Crippen LogP contribution in [0.1, 0.15) is 24.6 Å². The number of rotatable bonds is 4. The standard InChI is InChI=1S/C16H21ClN6O2/c1-10(15-19-11(2)21-22-15)18-16(24)20-14-9-12(3-4-13(14)17)23-5-7-25-8-6-23/h3-4,9-10H,5-8H2,1-2H3,(H2,18,20,24)(H,19,21,22)/t10-/m1/s1. The van der Waals surface area contributed by atoms with Crippen LogP contribution in [0.2, 0.25) is 5.02 Å². The molecule has 2 amide bonds. The van der Waals surface area contributed by atoms with Gasteiger partial charge in [0.1, 0.15) is 5.82 Å². The molecule has 0 spiro atoms. The van der Waals surface area contributed by atoms with Crippen LogP contribution in [0.3, 0.4) is 0 Å². The van der Waals surface area contributed by atoms with Gasteiger partial charge in [-0.25, -0.2) is 9.78 Å². The molecule has 1 aliphatic heterocycles. The van der Waals surface area contributed by atoms with Gasteiger partial charge in [-0.2, -0.15) is 5.10 Å². The van der Waals surface area contributed by atoms with Crippen LogP contribution in [0.4, 0.5) is 16.2 Å². The van der Waals surface area contributed by atoms with Crippen LogP contribution in [0.15, 0.2) is 18.2 Å². The number of carbonyl (C=O) groups is 1. The Kier molecular flexibility index (Phi) is 5.40. The van der Waals surface area contributed by atoms with Crippen molar-refractivity contribution in [3.05, 3.63) is 34.9 Å². The Morgan fingerprint density at radius 3 is 2.84 bits per heavy atom. The highest BCUT2D eigenvalue weighted by atomic mass is 35.5. The molecule has 1 atom stereocenters. The molecule has 2 aromatic rings. The largest absolute Gasteiger partial charge is 0.378 e. The summed E-state index contributed by atoms with van der Waals surface area (Å²) in [5, 5.41) is 12.9. The lowest BCUT2D eigenvalue weighted by molar-refractivity contribution is 0.122. The van der Waals surface area contributed by atoms with Gasteiger partial charge in [0, 0.05) is 18.8 Å². The van der Waals surface area contributed by atoms with E-state index in [9.17, 15) is 4.79 Å². The zero-order valence-corrected chi connectivity index (χ0v) is 14.9. The number of hydrogen-bond acceptors (Lipinski definition) is 5. The summed E-state index contributed by atoms with van der Waals surface area (Å²) in [5.41, 5.74) is 1.56. The highest BCUT2D eigenvalue weighted by molar-refractivity contribution is 6.33. The highest BCUT2D eigenvalue weighted by Gasteiger charge is 2.16. The van der Waals surface area contributed by atoms with Crippen molar-refractivity contribution < 1.29 is 9.53 Å². The Labute approximate surface area is 150 Å². The molecule has 1 aliphatic rings. The number of ether oxygens (including phenoxy) is 1. The number of H-pyrrole nitrogens is 1. The Hall–Kier alpha value is -2.32. The molecular weight excluding hydrogens is 344 g/mol. The van der Waals surface area contributed by atoms with Gasteiger partial charge in [-0.05, 0) is 32.0 Å². The van der Waals surface area contributed by atoms with Gasteiger partial charge in [-0.1, -0.05) is 11.6 Å². The minimum Gasteiger partial charge on any atom is -0.378 e. The average molecular weight is 365 g/mol. The van der Waals surface area contributed by atoms with Crippen LogP contribution in [0.5, 0.6) is 0 Å². The molecule has 8 nitrogen and oxygen atoms in total. The second-order valence-corrected chi connectivity index (χ2v) is 6.27. The zero-order chi connectivity index (χ0) is 17.8. The normalized spacial score (nSPS) is 15.7. The lowest BCUT2D eigenvalue weighted by Gasteiger charge is -2.29. The first-order chi connectivity index (χ1) is 12.0. The lowest BCUT2D eigenvalue weighted by atomic mass is 10.2. The number of benzene rings is 1. The molecule has 1 aromatic heterocycles. The number of morpholine rings is 1. The monoisotopic (exact) mass is 364 g/mol. The summed E-state index contributed by atoms with van der Waals surface area (Å²) >= 11 is 6.22. The maximum Gasteiger partial charge on any atom is 0.319 e. The van der Waals surface area contributed by atoms with Gasteiger partial charge < -0.3 is 20.3 Å². The molecule has 1 fully saturated rings. The van der Waals surface area contributed by atoms with Crippen LogP contribution in [0, 0.1) is 6.92 Å². The third kappa shape index (κ3) is 4.40. The third-order valence-electron chi connectivity index (χ3n) is 3.92. The van der Waals surface area contributed by atoms with E-state index in [1.165, 1.54) is 0 Å². The maximum atomic E-state index is 12.3. The number of aryl methyl sites for hydroxylation is 1. The summed E-state index contributed by atoms with van der Waals surface area (Å²) in [4.78, 5) is 18.7. The first-order valence-corrected chi connectivity index (χ1v) is 8.49. The second-order valence-electron chi connectivity index (χ2n) is 5.86. The minimum atomic E-state index is -0.365. The van der Waals surface area contributed by atoms with Gasteiger partial charge in [0.15, 0.2) is 5.82 Å². The van der Waals surface area contributed by atoms with E-state index >= 15 is 0 Å². The van der Waals surface area contributed by atoms with E-state index in [1.807, 2.05) is 19.1 Å². The molecule has 25 heavy (non-hydrogen) atoms. The predicted molar refractivity (Wildman–Crippen MR) is 96.2 cm³/mol. The lowest BCUT2D eigenvalue weighted by Crippen LogP contribution is -2.36. The molecule has 3 N–H and O–H groups in total. The van der Waals surface area contributed by atoms with Crippen molar-refractivity contribution in [3.8, 4) is 0 Å². The van der Waals surface area contributed by atoms with Gasteiger partial charge in [0.2, 0.25) is 0 Å². The fourth-order valence-corrected chi connectivity index (χ4v) is 2.77. The number of nitrogens with one attached hydrogen (secondary N) is 3. The number of hydrogen-bond donors (Lipinski definition) is 3. The van der Waals surface area contributed by atoms with Crippen LogP contribution in [-0.2, 0) is 4.74 Å². The zero-order valence-electron chi connectivity index (χ0n) is 14.2. The fraction of sp³-hybridized carbons (Fsp3) is 0.438. The average Bonchev–Trinajstić information content (AvgIpc) is 3.04. The number of anilines is 2. The van der Waals surface area contributed by atoms with Crippen LogP contribution in [-0.4, -0.2) is 47.5 Å². The van der Waals surface area contributed by atoms with Crippen molar-refractivity contribution in [1.82, 2.24) is 20.5 Å². The number of halogens is 1. The van der Waals surface area contributed by atoms with Gasteiger partial charge >= 0.3 is 6.03 Å². The molecule has 134 valence electrons. The van der Waals surface area contributed by atoms with Crippen molar-refractivity contribution in [2.24, 2.45) is 0 Å². The van der Waals surface area contributed by atoms with E-state index in [0.29, 0.717) is 35.6 Å². The maximum absolute atomic E-state index is 12.3. The number of amides is 2. The summed E-state index contributed by atoms with van der Waals surface area (Å²) in [6, 6.07) is 4.90. The SMILES string of the molecule is Cc1nc([C@@H](C)NC(=O)Nc2cc(N3CCOCC3)ccc2Cl)n[nH]1. The molecule has 1 saturated heterocycles. The molecule has 1 aromatic carbocycles. The van der Waals surface area contributed by atoms with Crippen molar-refractivity contribution in [2.75, 3.05) is 36.5 Å². The summed E-state index contributed by atoms with van der Waals surface area (Å²) in [7, 11) is 0. The predicted octanol–water partition coefficient (Wildman–Crippen LogP) is 2.49. The van der Waals surface area contributed by atoms with E-state index in [2.05, 4.69) is 30.7 Å². The fourth-order valence-electron chi connectivity index (χ4n) is 2.60. The van der Waals surface area contributed by atoms with Gasteiger partial charge in [-0.3, -0.25) is 5.10 Å². The Morgan fingerprint density at radius 1 is 1.40 bits per heavy atom. The minimum absolute atomic E-state index is 0.328. The van der Waals surface area contributed by atoms with Crippen LogP contribution >= 0.6 is 11.6 Å². The first kappa shape index (κ1) is 17.5. The molecule has 0 bridgehead atoms. The number of aromatic nitrogens is 3. The van der Waals surface area contributed by atoms with E-state index in [4.69, 9.17) is 16.3 Å². The van der Waals surface area contributed by atoms with E-state index in [1.54, 1.807) is 13.0 Å². The van der Waals surface area contributed by atoms with Crippen LogP contribution in [0.25, 0.3) is 0 Å². The molecule has 0 radical (unpaired) electrons. The quantitative estimate of drug-likeness (QED) is 0.774. The molecule has 3 rings (SSSR count). The Bertz CT molecular complexity index is 744. The van der Waals surface area contributed by atoms with Crippen molar-refractivity contribution in [3.63, 3.8) is 0 Å². The topological polar surface area (TPSA) is 95.2 Å². The van der Waals surface area contributed by atoms with E-state index in [-0.39, 0.29) is 12.1 Å². The molecule has 9 heteroatoms. The number of aromatic amines is 1. The number of urea groups is 1. The van der Waals surface area contributed by atoms with Crippen molar-refractivity contribution >= 4 is 29.0 Å². The first-order valence-electron chi connectivity index (χ1n) is 8.11. The van der Waals surface area contributed by atoms with Gasteiger partial charge in [-0.15, -0.1) is 0 Å². The second kappa shape index (κ2) is 7.71. The molecule has 2 heterocycles. The van der Waals surface area contributed by atoms with Crippen molar-refractivity contribution in [2.45, 2.75) is 19.9 Å². The summed E-state index contributed by atoms with van der Waals surface area (Å²) in [5.74, 6) is 1.23. The summed E-state index contributed by atoms with van der Waals surface area (Å²) in [6.07, 6.45) is 0. The number of nitrogens with zero attached hydrogens (tertiary/aromatic N) is 3. The van der Waals surface area contributed by atoms with Crippen LogP contribution < -0.4 is 15.5 Å². The van der Waals surface area contributed by atoms with E-state index in [0.717, 1.165) is 18.8 Å². The Balaban J connectivity index is 1.65. The third-order valence-corrected chi connectivity index (χ3v) is 4.25. The van der Waals surface area contributed by atoms with Gasteiger partial charge in [0.25, 0.3) is 0 Å². The molecule has 0 saturated carbocycles. The summed E-state index contributed by atoms with van der Waals surface area (Å²) < 4.78 is 5.37. The Morgan fingerprint density at radius 2 is 2.16 bits per heavy atom. The van der Waals surface area contributed by atoms with E-state index < -0.39 is 0 Å². The summed E-state index contributed by atoms with van der Waals surface area (Å²) in [6.45, 7) is 6.63. The molecular formula is C16H21ClN6O2. The molecule has 0 aliphatic carbocycles. The number of carbonyl (C=O) groups excluding carboxylic acids is 1. The highest BCUT2D eigenvalue weighted by Crippen LogP contribution is 2.28.